The number of carbonyl (C=O) groups excluding carboxylic acids is 3. The van der Waals surface area contributed by atoms with Crippen molar-refractivity contribution in [2.75, 3.05) is 13.7 Å². The predicted molar refractivity (Wildman–Crippen MR) is 96.7 cm³/mol. The van der Waals surface area contributed by atoms with Crippen LogP contribution in [0.15, 0.2) is 24.3 Å². The third-order valence-corrected chi connectivity index (χ3v) is 4.05. The minimum atomic E-state index is -0.538. The van der Waals surface area contributed by atoms with Crippen LogP contribution in [-0.2, 0) is 9.59 Å². The predicted octanol–water partition coefficient (Wildman–Crippen LogP) is 0.839. The summed E-state index contributed by atoms with van der Waals surface area (Å²) in [4.78, 5) is 34.7. The smallest absolute Gasteiger partial charge is 0.321 e. The van der Waals surface area contributed by atoms with Gasteiger partial charge in [0.2, 0.25) is 5.91 Å². The first kappa shape index (κ1) is 19.7. The first-order valence-electron chi connectivity index (χ1n) is 8.69. The van der Waals surface area contributed by atoms with E-state index in [9.17, 15) is 14.4 Å². The number of rotatable bonds is 8. The van der Waals surface area contributed by atoms with Gasteiger partial charge in [-0.3, -0.25) is 20.2 Å². The Kier molecular flexibility index (Phi) is 6.97. The molecular formula is C18H26N4O4. The summed E-state index contributed by atoms with van der Waals surface area (Å²) in [6, 6.07) is 6.45. The van der Waals surface area contributed by atoms with Crippen molar-refractivity contribution in [3.63, 3.8) is 0 Å². The quantitative estimate of drug-likeness (QED) is 0.548. The van der Waals surface area contributed by atoms with Crippen LogP contribution in [-0.4, -0.2) is 43.6 Å². The number of amides is 4. The fourth-order valence-electron chi connectivity index (χ4n) is 2.33. The fraction of sp³-hybridized carbons (Fsp3) is 0.500. The molecule has 0 unspecified atom stereocenters. The Hall–Kier alpha value is -2.61. The molecular weight excluding hydrogens is 336 g/mol. The molecule has 0 aromatic heterocycles. The number of nitrogens with one attached hydrogen (secondary N) is 4. The molecule has 1 saturated carbocycles. The number of urea groups is 1. The number of hydrogen-bond acceptors (Lipinski definition) is 5. The van der Waals surface area contributed by atoms with Crippen LogP contribution in [0.25, 0.3) is 0 Å². The average Bonchev–Trinajstić information content (AvgIpc) is 3.44. The van der Waals surface area contributed by atoms with Crippen molar-refractivity contribution in [2.24, 2.45) is 0 Å². The van der Waals surface area contributed by atoms with Crippen molar-refractivity contribution in [3.8, 4) is 5.75 Å². The number of ether oxygens (including phenoxy) is 1. The first-order valence-corrected chi connectivity index (χ1v) is 8.69. The lowest BCUT2D eigenvalue weighted by Gasteiger charge is -2.20. The maximum Gasteiger partial charge on any atom is 0.321 e. The van der Waals surface area contributed by atoms with Crippen LogP contribution >= 0.6 is 0 Å². The number of imide groups is 1. The monoisotopic (exact) mass is 362 g/mol. The molecule has 0 heterocycles. The van der Waals surface area contributed by atoms with Crippen molar-refractivity contribution < 1.29 is 19.1 Å². The Balaban J connectivity index is 1.79. The van der Waals surface area contributed by atoms with E-state index in [1.54, 1.807) is 19.1 Å². The van der Waals surface area contributed by atoms with Gasteiger partial charge in [0, 0.05) is 19.1 Å². The molecule has 0 aliphatic heterocycles. The highest BCUT2D eigenvalue weighted by Gasteiger charge is 2.23. The van der Waals surface area contributed by atoms with E-state index in [0.717, 1.165) is 18.4 Å². The molecule has 142 valence electrons. The molecule has 4 N–H and O–H groups in total. The summed E-state index contributed by atoms with van der Waals surface area (Å²) in [6.45, 7) is 3.60. The number of benzene rings is 1. The molecule has 1 fully saturated rings. The molecule has 26 heavy (non-hydrogen) atoms. The van der Waals surface area contributed by atoms with E-state index in [4.69, 9.17) is 4.74 Å². The van der Waals surface area contributed by atoms with Crippen molar-refractivity contribution >= 4 is 17.8 Å². The van der Waals surface area contributed by atoms with Gasteiger partial charge in [-0.25, -0.2) is 4.79 Å². The second-order valence-corrected chi connectivity index (χ2v) is 6.38. The van der Waals surface area contributed by atoms with Crippen LogP contribution in [0.2, 0.25) is 0 Å². The fourth-order valence-corrected chi connectivity index (χ4v) is 2.33. The third-order valence-electron chi connectivity index (χ3n) is 4.05. The highest BCUT2D eigenvalue weighted by atomic mass is 16.5. The topological polar surface area (TPSA) is 109 Å². The molecule has 0 radical (unpaired) electrons. The Morgan fingerprint density at radius 3 is 2.38 bits per heavy atom. The Bertz CT molecular complexity index is 643. The van der Waals surface area contributed by atoms with Crippen LogP contribution < -0.4 is 26.0 Å². The maximum absolute atomic E-state index is 11.9. The van der Waals surface area contributed by atoms with Gasteiger partial charge in [-0.05, 0) is 44.4 Å². The average molecular weight is 362 g/mol. The summed E-state index contributed by atoms with van der Waals surface area (Å²) in [5.41, 5.74) is 0.958. The number of hydrogen-bond donors (Lipinski definition) is 4. The van der Waals surface area contributed by atoms with Crippen molar-refractivity contribution in [2.45, 2.75) is 44.8 Å². The van der Waals surface area contributed by atoms with Crippen molar-refractivity contribution in [1.29, 1.82) is 0 Å². The van der Waals surface area contributed by atoms with Gasteiger partial charge in [-0.2, -0.15) is 0 Å². The molecule has 8 heteroatoms. The van der Waals surface area contributed by atoms with Crippen LogP contribution in [0.3, 0.4) is 0 Å². The van der Waals surface area contributed by atoms with Crippen molar-refractivity contribution in [3.05, 3.63) is 29.8 Å². The second kappa shape index (κ2) is 9.19. The molecule has 1 aromatic carbocycles. The molecule has 0 saturated heterocycles. The van der Waals surface area contributed by atoms with E-state index in [1.807, 2.05) is 19.1 Å². The third kappa shape index (κ3) is 6.36. The zero-order valence-electron chi connectivity index (χ0n) is 15.3. The largest absolute Gasteiger partial charge is 0.484 e. The highest BCUT2D eigenvalue weighted by Crippen LogP contribution is 2.19. The van der Waals surface area contributed by atoms with Gasteiger partial charge in [-0.1, -0.05) is 12.1 Å². The summed E-state index contributed by atoms with van der Waals surface area (Å²) in [6.07, 6.45) is 2.09. The zero-order chi connectivity index (χ0) is 19.1. The minimum absolute atomic E-state index is 0.000345. The Morgan fingerprint density at radius 2 is 1.81 bits per heavy atom. The van der Waals surface area contributed by atoms with Crippen LogP contribution in [0.4, 0.5) is 4.79 Å². The summed E-state index contributed by atoms with van der Waals surface area (Å²) in [7, 11) is 1.45. The summed E-state index contributed by atoms with van der Waals surface area (Å²) in [5.74, 6) is 0.0951. The molecule has 1 aromatic rings. The van der Waals surface area contributed by atoms with Gasteiger partial charge in [0.15, 0.2) is 6.61 Å². The molecule has 0 spiro atoms. The molecule has 2 atom stereocenters. The molecule has 2 rings (SSSR count). The van der Waals surface area contributed by atoms with Gasteiger partial charge in [-0.15, -0.1) is 0 Å². The second-order valence-electron chi connectivity index (χ2n) is 6.38. The minimum Gasteiger partial charge on any atom is -0.484 e. The van der Waals surface area contributed by atoms with Gasteiger partial charge >= 0.3 is 6.03 Å². The normalized spacial score (nSPS) is 15.5. The highest BCUT2D eigenvalue weighted by molar-refractivity contribution is 5.96. The molecule has 4 amide bonds. The summed E-state index contributed by atoms with van der Waals surface area (Å²) in [5, 5.41) is 10.6. The maximum atomic E-state index is 11.9. The Labute approximate surface area is 153 Å². The van der Waals surface area contributed by atoms with Crippen molar-refractivity contribution in [1.82, 2.24) is 21.3 Å². The van der Waals surface area contributed by atoms with E-state index in [2.05, 4.69) is 21.3 Å². The lowest BCUT2D eigenvalue weighted by atomic mass is 10.1. The van der Waals surface area contributed by atoms with Crippen LogP contribution in [0, 0.1) is 0 Å². The SMILES string of the molecule is CNC(=O)NC(=O)[C@H](C)N[C@H](C)c1ccc(OCC(=O)NC2CC2)cc1. The standard InChI is InChI=1S/C18H26N4O4/c1-11(20-12(2)17(24)22-18(25)19-3)13-4-8-15(9-5-13)26-10-16(23)21-14-6-7-14/h4-5,8-9,11-12,14,20H,6-7,10H2,1-3H3,(H,21,23)(H2,19,22,24,25)/t11-,12+/m1/s1. The molecule has 8 nitrogen and oxygen atoms in total. The lowest BCUT2D eigenvalue weighted by molar-refractivity contribution is -0.123. The van der Waals surface area contributed by atoms with E-state index in [-0.39, 0.29) is 18.6 Å². The van der Waals surface area contributed by atoms with E-state index < -0.39 is 18.0 Å². The van der Waals surface area contributed by atoms with E-state index in [1.165, 1.54) is 7.05 Å². The van der Waals surface area contributed by atoms with E-state index in [0.29, 0.717) is 11.8 Å². The van der Waals surface area contributed by atoms with Gasteiger partial charge in [0.25, 0.3) is 5.91 Å². The first-order chi connectivity index (χ1) is 12.4. The van der Waals surface area contributed by atoms with Gasteiger partial charge in [0.05, 0.1) is 6.04 Å². The van der Waals surface area contributed by atoms with Crippen LogP contribution in [0.1, 0.15) is 38.3 Å². The number of carbonyl (C=O) groups is 3. The van der Waals surface area contributed by atoms with Crippen LogP contribution in [0.5, 0.6) is 5.75 Å². The van der Waals surface area contributed by atoms with Gasteiger partial charge in [0.1, 0.15) is 5.75 Å². The van der Waals surface area contributed by atoms with E-state index >= 15 is 0 Å². The molecule has 0 bridgehead atoms. The molecule has 1 aliphatic carbocycles. The van der Waals surface area contributed by atoms with Gasteiger partial charge < -0.3 is 15.4 Å². The zero-order valence-corrected chi connectivity index (χ0v) is 15.3. The summed E-state index contributed by atoms with van der Waals surface area (Å²) >= 11 is 0. The summed E-state index contributed by atoms with van der Waals surface area (Å²) < 4.78 is 5.47. The Morgan fingerprint density at radius 1 is 1.15 bits per heavy atom. The molecule has 1 aliphatic rings. The lowest BCUT2D eigenvalue weighted by Crippen LogP contribution is -2.47.